The number of anilines is 1. The van der Waals surface area contributed by atoms with Gasteiger partial charge in [-0.05, 0) is 84.3 Å². The second kappa shape index (κ2) is 11.5. The molecule has 4 aromatic rings. The van der Waals surface area contributed by atoms with Crippen molar-refractivity contribution in [2.24, 2.45) is 5.92 Å². The van der Waals surface area contributed by atoms with Gasteiger partial charge in [-0.25, -0.2) is 4.39 Å². The van der Waals surface area contributed by atoms with Gasteiger partial charge in [0.2, 0.25) is 0 Å². The number of benzene rings is 4. The highest BCUT2D eigenvalue weighted by Gasteiger charge is 2.47. The number of aliphatic hydroxyl groups is 1. The molecule has 0 radical (unpaired) electrons. The number of rotatable bonds is 8. The summed E-state index contributed by atoms with van der Waals surface area (Å²) in [6, 6.07) is 27.2. The van der Waals surface area contributed by atoms with Gasteiger partial charge in [0, 0.05) is 11.3 Å². The monoisotopic (exact) mass is 537 g/mol. The Kier molecular flexibility index (Phi) is 7.64. The SMILES string of the molecule is CC(C)COc1ccc(/C(O)=C2/C(=O)C(=O)N(c3ccc(F)cc3)C2c2cccc(Oc3ccccc3)c2)cc1. The normalized spacial score (nSPS) is 16.4. The molecule has 1 fully saturated rings. The molecule has 1 aliphatic rings. The molecule has 1 heterocycles. The van der Waals surface area contributed by atoms with Crippen LogP contribution in [0.5, 0.6) is 17.2 Å². The van der Waals surface area contributed by atoms with Gasteiger partial charge in [0.25, 0.3) is 11.7 Å². The summed E-state index contributed by atoms with van der Waals surface area (Å²) in [6.45, 7) is 4.62. The molecule has 40 heavy (non-hydrogen) atoms. The van der Waals surface area contributed by atoms with E-state index in [0.717, 1.165) is 0 Å². The van der Waals surface area contributed by atoms with Crippen molar-refractivity contribution in [3.05, 3.63) is 126 Å². The van der Waals surface area contributed by atoms with Gasteiger partial charge >= 0.3 is 0 Å². The van der Waals surface area contributed by atoms with E-state index in [1.165, 1.54) is 29.2 Å². The Morgan fingerprint density at radius 3 is 2.20 bits per heavy atom. The number of hydrogen-bond donors (Lipinski definition) is 1. The van der Waals surface area contributed by atoms with E-state index in [2.05, 4.69) is 0 Å². The summed E-state index contributed by atoms with van der Waals surface area (Å²) < 4.78 is 25.5. The van der Waals surface area contributed by atoms with Crippen LogP contribution < -0.4 is 14.4 Å². The Balaban J connectivity index is 1.59. The highest BCUT2D eigenvalue weighted by atomic mass is 19.1. The molecule has 7 heteroatoms. The molecule has 0 aromatic heterocycles. The maximum Gasteiger partial charge on any atom is 0.300 e. The lowest BCUT2D eigenvalue weighted by molar-refractivity contribution is -0.132. The molecule has 0 aliphatic carbocycles. The topological polar surface area (TPSA) is 76.1 Å². The van der Waals surface area contributed by atoms with Crippen LogP contribution in [-0.4, -0.2) is 23.4 Å². The number of ketones is 1. The number of nitrogens with zero attached hydrogens (tertiary/aromatic N) is 1. The molecule has 202 valence electrons. The Labute approximate surface area is 231 Å². The molecule has 4 aromatic carbocycles. The molecular formula is C33H28FNO5. The van der Waals surface area contributed by atoms with E-state index in [9.17, 15) is 19.1 Å². The zero-order chi connectivity index (χ0) is 28.2. The maximum absolute atomic E-state index is 13.7. The van der Waals surface area contributed by atoms with Crippen LogP contribution in [-0.2, 0) is 9.59 Å². The van der Waals surface area contributed by atoms with Crippen LogP contribution in [0.25, 0.3) is 5.76 Å². The van der Waals surface area contributed by atoms with Gasteiger partial charge in [-0.2, -0.15) is 0 Å². The van der Waals surface area contributed by atoms with E-state index in [4.69, 9.17) is 9.47 Å². The average molecular weight is 538 g/mol. The van der Waals surface area contributed by atoms with Gasteiger partial charge in [0.15, 0.2) is 0 Å². The minimum absolute atomic E-state index is 0.0814. The van der Waals surface area contributed by atoms with Crippen LogP contribution in [0.3, 0.4) is 0 Å². The number of aliphatic hydroxyl groups excluding tert-OH is 1. The number of Topliss-reactive ketones (excluding diaryl/α,β-unsaturated/α-hetero) is 1. The fraction of sp³-hybridized carbons (Fsp3) is 0.152. The Hall–Kier alpha value is -4.91. The van der Waals surface area contributed by atoms with Crippen molar-refractivity contribution in [1.82, 2.24) is 0 Å². The molecule has 1 amide bonds. The molecular weight excluding hydrogens is 509 g/mol. The Bertz CT molecular complexity index is 1550. The number of amides is 1. The fourth-order valence-electron chi connectivity index (χ4n) is 4.52. The van der Waals surface area contributed by atoms with Crippen LogP contribution >= 0.6 is 0 Å². The van der Waals surface area contributed by atoms with Crippen molar-refractivity contribution in [3.63, 3.8) is 0 Å². The molecule has 1 atom stereocenters. The van der Waals surface area contributed by atoms with Crippen LogP contribution in [0.2, 0.25) is 0 Å². The quantitative estimate of drug-likeness (QED) is 0.145. The second-order valence-corrected chi connectivity index (χ2v) is 9.86. The summed E-state index contributed by atoms with van der Waals surface area (Å²) in [5, 5.41) is 11.4. The number of carbonyl (C=O) groups is 2. The highest BCUT2D eigenvalue weighted by Crippen LogP contribution is 2.43. The third kappa shape index (κ3) is 5.59. The highest BCUT2D eigenvalue weighted by molar-refractivity contribution is 6.51. The van der Waals surface area contributed by atoms with Crippen LogP contribution in [0.1, 0.15) is 31.0 Å². The number of halogens is 1. The number of hydrogen-bond acceptors (Lipinski definition) is 5. The summed E-state index contributed by atoms with van der Waals surface area (Å²) in [7, 11) is 0. The first-order valence-electron chi connectivity index (χ1n) is 12.9. The summed E-state index contributed by atoms with van der Waals surface area (Å²) in [5.41, 5.74) is 1.13. The van der Waals surface area contributed by atoms with Crippen molar-refractivity contribution in [1.29, 1.82) is 0 Å². The predicted octanol–water partition coefficient (Wildman–Crippen LogP) is 7.28. The number of ether oxygens (including phenoxy) is 2. The van der Waals surface area contributed by atoms with Crippen LogP contribution in [0.15, 0.2) is 109 Å². The lowest BCUT2D eigenvalue weighted by Gasteiger charge is -2.25. The summed E-state index contributed by atoms with van der Waals surface area (Å²) in [6.07, 6.45) is 0. The van der Waals surface area contributed by atoms with E-state index >= 15 is 0 Å². The third-order valence-corrected chi connectivity index (χ3v) is 6.41. The molecule has 1 saturated heterocycles. The van der Waals surface area contributed by atoms with Crippen LogP contribution in [0, 0.1) is 11.7 Å². The smallest absolute Gasteiger partial charge is 0.300 e. The van der Waals surface area contributed by atoms with Crippen molar-refractivity contribution < 1.29 is 28.6 Å². The van der Waals surface area contributed by atoms with Gasteiger partial charge in [-0.1, -0.05) is 44.2 Å². The second-order valence-electron chi connectivity index (χ2n) is 9.86. The minimum atomic E-state index is -0.985. The van der Waals surface area contributed by atoms with E-state index < -0.39 is 23.5 Å². The largest absolute Gasteiger partial charge is 0.507 e. The number of carbonyl (C=O) groups excluding carboxylic acids is 2. The lowest BCUT2D eigenvalue weighted by atomic mass is 9.95. The van der Waals surface area contributed by atoms with Gasteiger partial charge in [0.05, 0.1) is 18.2 Å². The van der Waals surface area contributed by atoms with Gasteiger partial charge in [-0.3, -0.25) is 14.5 Å². The third-order valence-electron chi connectivity index (χ3n) is 6.41. The molecule has 0 spiro atoms. The Morgan fingerprint density at radius 2 is 1.52 bits per heavy atom. The van der Waals surface area contributed by atoms with Crippen molar-refractivity contribution in [3.8, 4) is 17.2 Å². The molecule has 0 bridgehead atoms. The predicted molar refractivity (Wildman–Crippen MR) is 151 cm³/mol. The first-order chi connectivity index (χ1) is 19.3. The van der Waals surface area contributed by atoms with E-state index in [1.54, 1.807) is 48.5 Å². The van der Waals surface area contributed by atoms with Crippen molar-refractivity contribution >= 4 is 23.1 Å². The summed E-state index contributed by atoms with van der Waals surface area (Å²) in [4.78, 5) is 28.1. The summed E-state index contributed by atoms with van der Waals surface area (Å²) >= 11 is 0. The molecule has 1 N–H and O–H groups in total. The molecule has 1 unspecified atom stereocenters. The zero-order valence-corrected chi connectivity index (χ0v) is 22.1. The van der Waals surface area contributed by atoms with Gasteiger partial charge in [0.1, 0.15) is 28.8 Å². The first kappa shape index (κ1) is 26.7. The standard InChI is InChI=1S/C33H28FNO5/c1-21(2)20-39-26-17-11-22(12-18-26)31(36)29-30(35(33(38)32(29)37)25-15-13-24(34)14-16-25)23-7-6-10-28(19-23)40-27-8-4-3-5-9-27/h3-19,21,30,36H,20H2,1-2H3/b31-29-. The van der Waals surface area contributed by atoms with Crippen molar-refractivity contribution in [2.75, 3.05) is 11.5 Å². The number of para-hydroxylation sites is 1. The first-order valence-corrected chi connectivity index (χ1v) is 12.9. The summed E-state index contributed by atoms with van der Waals surface area (Å²) in [5.74, 6) is -0.401. The Morgan fingerprint density at radius 1 is 0.850 bits per heavy atom. The van der Waals surface area contributed by atoms with Crippen LogP contribution in [0.4, 0.5) is 10.1 Å². The van der Waals surface area contributed by atoms with Gasteiger partial charge in [-0.15, -0.1) is 0 Å². The lowest BCUT2D eigenvalue weighted by Crippen LogP contribution is -2.29. The molecule has 5 rings (SSSR count). The van der Waals surface area contributed by atoms with Crippen molar-refractivity contribution in [2.45, 2.75) is 19.9 Å². The average Bonchev–Trinajstić information content (AvgIpc) is 3.23. The fourth-order valence-corrected chi connectivity index (χ4v) is 4.52. The zero-order valence-electron chi connectivity index (χ0n) is 22.1. The molecule has 1 aliphatic heterocycles. The van der Waals surface area contributed by atoms with E-state index in [0.29, 0.717) is 46.6 Å². The molecule has 6 nitrogen and oxygen atoms in total. The molecule has 0 saturated carbocycles. The maximum atomic E-state index is 13.7. The van der Waals surface area contributed by atoms with E-state index in [1.807, 2.05) is 44.2 Å². The minimum Gasteiger partial charge on any atom is -0.507 e. The van der Waals surface area contributed by atoms with E-state index in [-0.39, 0.29) is 11.3 Å². The van der Waals surface area contributed by atoms with Gasteiger partial charge < -0.3 is 14.6 Å².